The molecule has 0 heterocycles. The van der Waals surface area contributed by atoms with Crippen LogP contribution in [0.2, 0.25) is 0 Å². The van der Waals surface area contributed by atoms with Gasteiger partial charge in [0.05, 0.1) is 18.8 Å². The Hall–Kier alpha value is -0.650. The standard InChI is InChI=1S/C10H20N2O3/c1-10(6-13,7-14)11-5-4-9(15)12-8-2-3-8/h8,11,13-14H,2-7H2,1H3,(H,12,15). The van der Waals surface area contributed by atoms with Gasteiger partial charge in [-0.15, -0.1) is 0 Å². The van der Waals surface area contributed by atoms with Gasteiger partial charge in [-0.3, -0.25) is 4.79 Å². The summed E-state index contributed by atoms with van der Waals surface area (Å²) in [6, 6.07) is 0.388. The lowest BCUT2D eigenvalue weighted by Crippen LogP contribution is -2.50. The molecule has 1 amide bonds. The summed E-state index contributed by atoms with van der Waals surface area (Å²) in [6.07, 6.45) is 2.56. The molecule has 1 rings (SSSR count). The second kappa shape index (κ2) is 5.44. The molecule has 0 saturated heterocycles. The molecule has 0 aromatic heterocycles. The van der Waals surface area contributed by atoms with E-state index < -0.39 is 5.54 Å². The molecule has 1 aliphatic carbocycles. The molecular weight excluding hydrogens is 196 g/mol. The Bertz CT molecular complexity index is 213. The lowest BCUT2D eigenvalue weighted by molar-refractivity contribution is -0.121. The number of carbonyl (C=O) groups is 1. The molecule has 5 nitrogen and oxygen atoms in total. The summed E-state index contributed by atoms with van der Waals surface area (Å²) in [5, 5.41) is 23.8. The first-order valence-corrected chi connectivity index (χ1v) is 5.36. The molecule has 1 saturated carbocycles. The quantitative estimate of drug-likeness (QED) is 0.439. The van der Waals surface area contributed by atoms with Crippen molar-refractivity contribution in [1.29, 1.82) is 0 Å². The van der Waals surface area contributed by atoms with E-state index in [2.05, 4.69) is 10.6 Å². The van der Waals surface area contributed by atoms with Crippen LogP contribution in [-0.4, -0.2) is 47.5 Å². The van der Waals surface area contributed by atoms with E-state index in [4.69, 9.17) is 10.2 Å². The molecule has 1 aliphatic rings. The van der Waals surface area contributed by atoms with Crippen LogP contribution in [0.5, 0.6) is 0 Å². The summed E-state index contributed by atoms with van der Waals surface area (Å²) in [5.41, 5.74) is -0.695. The van der Waals surface area contributed by atoms with Gasteiger partial charge in [-0.05, 0) is 19.8 Å². The van der Waals surface area contributed by atoms with E-state index in [0.29, 0.717) is 19.0 Å². The zero-order valence-corrected chi connectivity index (χ0v) is 9.12. The lowest BCUT2D eigenvalue weighted by Gasteiger charge is -2.26. The predicted molar refractivity (Wildman–Crippen MR) is 56.4 cm³/mol. The zero-order chi connectivity index (χ0) is 11.3. The van der Waals surface area contributed by atoms with E-state index in [1.807, 2.05) is 0 Å². The van der Waals surface area contributed by atoms with Gasteiger partial charge in [0.25, 0.3) is 0 Å². The molecule has 0 aromatic carbocycles. The second-order valence-electron chi connectivity index (χ2n) is 4.40. The Kier molecular flexibility index (Phi) is 4.50. The molecule has 0 atom stereocenters. The maximum absolute atomic E-state index is 11.3. The van der Waals surface area contributed by atoms with Crippen molar-refractivity contribution >= 4 is 5.91 Å². The largest absolute Gasteiger partial charge is 0.394 e. The topological polar surface area (TPSA) is 81.6 Å². The molecular formula is C10H20N2O3. The van der Waals surface area contributed by atoms with E-state index in [-0.39, 0.29) is 19.1 Å². The highest BCUT2D eigenvalue weighted by Gasteiger charge is 2.24. The van der Waals surface area contributed by atoms with Crippen molar-refractivity contribution in [2.75, 3.05) is 19.8 Å². The van der Waals surface area contributed by atoms with Crippen LogP contribution in [0.3, 0.4) is 0 Å². The molecule has 1 fully saturated rings. The van der Waals surface area contributed by atoms with E-state index in [0.717, 1.165) is 12.8 Å². The van der Waals surface area contributed by atoms with Gasteiger partial charge in [0.15, 0.2) is 0 Å². The third-order valence-electron chi connectivity index (χ3n) is 2.54. The van der Waals surface area contributed by atoms with Gasteiger partial charge in [-0.25, -0.2) is 0 Å². The monoisotopic (exact) mass is 216 g/mol. The van der Waals surface area contributed by atoms with E-state index in [9.17, 15) is 4.79 Å². The van der Waals surface area contributed by atoms with Gasteiger partial charge in [0, 0.05) is 19.0 Å². The highest BCUT2D eigenvalue weighted by molar-refractivity contribution is 5.76. The summed E-state index contributed by atoms with van der Waals surface area (Å²) in [6.45, 7) is 1.89. The highest BCUT2D eigenvalue weighted by Crippen LogP contribution is 2.18. The van der Waals surface area contributed by atoms with Crippen LogP contribution < -0.4 is 10.6 Å². The Morgan fingerprint density at radius 3 is 2.47 bits per heavy atom. The first-order chi connectivity index (χ1) is 7.09. The van der Waals surface area contributed by atoms with Gasteiger partial charge < -0.3 is 20.8 Å². The third-order valence-corrected chi connectivity index (χ3v) is 2.54. The number of aliphatic hydroxyl groups is 2. The second-order valence-corrected chi connectivity index (χ2v) is 4.40. The van der Waals surface area contributed by atoms with Crippen LogP contribution in [0, 0.1) is 0 Å². The van der Waals surface area contributed by atoms with Gasteiger partial charge in [0.2, 0.25) is 5.91 Å². The molecule has 88 valence electrons. The first kappa shape index (κ1) is 12.4. The Morgan fingerprint density at radius 2 is 2.00 bits per heavy atom. The van der Waals surface area contributed by atoms with E-state index in [1.165, 1.54) is 0 Å². The normalized spacial score (nSPS) is 16.5. The van der Waals surface area contributed by atoms with Crippen molar-refractivity contribution in [3.8, 4) is 0 Å². The zero-order valence-electron chi connectivity index (χ0n) is 9.12. The molecule has 0 bridgehead atoms. The number of carbonyl (C=O) groups excluding carboxylic acids is 1. The number of aliphatic hydroxyl groups excluding tert-OH is 2. The SMILES string of the molecule is CC(CO)(CO)NCCC(=O)NC1CC1. The van der Waals surface area contributed by atoms with Crippen molar-refractivity contribution in [1.82, 2.24) is 10.6 Å². The first-order valence-electron chi connectivity index (χ1n) is 5.36. The van der Waals surface area contributed by atoms with Gasteiger partial charge >= 0.3 is 0 Å². The van der Waals surface area contributed by atoms with Crippen LogP contribution in [0.25, 0.3) is 0 Å². The summed E-state index contributed by atoms with van der Waals surface area (Å²) < 4.78 is 0. The maximum Gasteiger partial charge on any atom is 0.221 e. The average molecular weight is 216 g/mol. The number of hydrogen-bond acceptors (Lipinski definition) is 4. The van der Waals surface area contributed by atoms with Gasteiger partial charge in [-0.2, -0.15) is 0 Å². The fraction of sp³-hybridized carbons (Fsp3) is 0.900. The van der Waals surface area contributed by atoms with Crippen LogP contribution >= 0.6 is 0 Å². The van der Waals surface area contributed by atoms with Crippen molar-refractivity contribution in [3.05, 3.63) is 0 Å². The molecule has 5 heteroatoms. The molecule has 15 heavy (non-hydrogen) atoms. The Labute approximate surface area is 89.9 Å². The molecule has 0 aliphatic heterocycles. The smallest absolute Gasteiger partial charge is 0.221 e. The highest BCUT2D eigenvalue weighted by atomic mass is 16.3. The molecule has 0 radical (unpaired) electrons. The molecule has 0 unspecified atom stereocenters. The minimum Gasteiger partial charge on any atom is -0.394 e. The van der Waals surface area contributed by atoms with Crippen molar-refractivity contribution < 1.29 is 15.0 Å². The fourth-order valence-electron chi connectivity index (χ4n) is 1.17. The maximum atomic E-state index is 11.3. The van der Waals surface area contributed by atoms with E-state index in [1.54, 1.807) is 6.92 Å². The average Bonchev–Trinajstić information content (AvgIpc) is 3.01. The van der Waals surface area contributed by atoms with Crippen LogP contribution in [0.1, 0.15) is 26.2 Å². The summed E-state index contributed by atoms with van der Waals surface area (Å²) >= 11 is 0. The van der Waals surface area contributed by atoms with Crippen molar-refractivity contribution in [2.24, 2.45) is 0 Å². The van der Waals surface area contributed by atoms with Gasteiger partial charge in [0.1, 0.15) is 0 Å². The number of nitrogens with one attached hydrogen (secondary N) is 2. The third kappa shape index (κ3) is 4.59. The number of hydrogen-bond donors (Lipinski definition) is 4. The number of rotatable bonds is 7. The lowest BCUT2D eigenvalue weighted by atomic mass is 10.1. The minimum atomic E-state index is -0.695. The van der Waals surface area contributed by atoms with Crippen molar-refractivity contribution in [3.63, 3.8) is 0 Å². The van der Waals surface area contributed by atoms with Crippen LogP contribution in [0.4, 0.5) is 0 Å². The van der Waals surface area contributed by atoms with Crippen molar-refractivity contribution in [2.45, 2.75) is 37.8 Å². The molecule has 0 aromatic rings. The summed E-state index contributed by atoms with van der Waals surface area (Å²) in [4.78, 5) is 11.3. The molecule has 4 N–H and O–H groups in total. The summed E-state index contributed by atoms with van der Waals surface area (Å²) in [5.74, 6) is 0.0308. The van der Waals surface area contributed by atoms with Crippen LogP contribution in [0.15, 0.2) is 0 Å². The minimum absolute atomic E-state index is 0.0308. The Morgan fingerprint density at radius 1 is 1.40 bits per heavy atom. The fourth-order valence-corrected chi connectivity index (χ4v) is 1.17. The van der Waals surface area contributed by atoms with E-state index >= 15 is 0 Å². The Balaban J connectivity index is 2.10. The van der Waals surface area contributed by atoms with Crippen LogP contribution in [-0.2, 0) is 4.79 Å². The number of amides is 1. The predicted octanol–water partition coefficient (Wildman–Crippen LogP) is -1.01. The van der Waals surface area contributed by atoms with Gasteiger partial charge in [-0.1, -0.05) is 0 Å². The summed E-state index contributed by atoms with van der Waals surface area (Å²) in [7, 11) is 0. The molecule has 0 spiro atoms.